The monoisotopic (exact) mass is 326 g/mol. The molecule has 0 N–H and O–H groups in total. The van der Waals surface area contributed by atoms with Crippen molar-refractivity contribution in [2.75, 3.05) is 0 Å². The Balaban J connectivity index is 4.18. The zero-order valence-corrected chi connectivity index (χ0v) is 11.8. The molecule has 0 aliphatic heterocycles. The Bertz CT molecular complexity index is 248. The van der Waals surface area contributed by atoms with Gasteiger partial charge in [-0.15, -0.1) is 0 Å². The third kappa shape index (κ3) is 5.71. The SMILES string of the molecule is C=C(Cl)/C(=C\Br)CCC(Br)=C(C)C. The van der Waals surface area contributed by atoms with Gasteiger partial charge in [0, 0.05) is 5.03 Å². The molecule has 3 heteroatoms. The van der Waals surface area contributed by atoms with Gasteiger partial charge in [0.25, 0.3) is 0 Å². The van der Waals surface area contributed by atoms with Gasteiger partial charge in [-0.2, -0.15) is 0 Å². The molecule has 0 aromatic rings. The fourth-order valence-electron chi connectivity index (χ4n) is 0.744. The predicted molar refractivity (Wildman–Crippen MR) is 68.5 cm³/mol. The summed E-state index contributed by atoms with van der Waals surface area (Å²) in [4.78, 5) is 1.83. The molecule has 0 saturated carbocycles. The van der Waals surface area contributed by atoms with Crippen molar-refractivity contribution in [3.63, 3.8) is 0 Å². The summed E-state index contributed by atoms with van der Waals surface area (Å²) in [5.74, 6) is 0. The molecule has 0 spiro atoms. The fraction of sp³-hybridized carbons (Fsp3) is 0.400. The second-order valence-corrected chi connectivity index (χ2v) is 4.82. The van der Waals surface area contributed by atoms with Crippen LogP contribution >= 0.6 is 43.5 Å². The van der Waals surface area contributed by atoms with Gasteiger partial charge < -0.3 is 0 Å². The van der Waals surface area contributed by atoms with Crippen molar-refractivity contribution in [1.29, 1.82) is 0 Å². The molecule has 0 rings (SSSR count). The van der Waals surface area contributed by atoms with Gasteiger partial charge in [0.05, 0.1) is 0 Å². The van der Waals surface area contributed by atoms with Gasteiger partial charge in [0.2, 0.25) is 0 Å². The summed E-state index contributed by atoms with van der Waals surface area (Å²) < 4.78 is 1.23. The maximum absolute atomic E-state index is 5.78. The van der Waals surface area contributed by atoms with Crippen molar-refractivity contribution in [3.8, 4) is 0 Å². The lowest BCUT2D eigenvalue weighted by molar-refractivity contribution is 0.983. The number of halogens is 3. The lowest BCUT2D eigenvalue weighted by atomic mass is 10.1. The van der Waals surface area contributed by atoms with Crippen LogP contribution in [0.2, 0.25) is 0 Å². The molecule has 0 saturated heterocycles. The van der Waals surface area contributed by atoms with Crippen molar-refractivity contribution in [1.82, 2.24) is 0 Å². The summed E-state index contributed by atoms with van der Waals surface area (Å²) >= 11 is 12.6. The first kappa shape index (κ1) is 13.5. The molecule has 0 amide bonds. The lowest BCUT2D eigenvalue weighted by Crippen LogP contribution is -1.84. The van der Waals surface area contributed by atoms with Gasteiger partial charge in [0.1, 0.15) is 0 Å². The molecular weight excluding hydrogens is 315 g/mol. The Morgan fingerprint density at radius 1 is 1.38 bits per heavy atom. The van der Waals surface area contributed by atoms with E-state index in [-0.39, 0.29) is 0 Å². The quantitative estimate of drug-likeness (QED) is 0.599. The Morgan fingerprint density at radius 3 is 2.23 bits per heavy atom. The zero-order valence-electron chi connectivity index (χ0n) is 7.83. The molecule has 13 heavy (non-hydrogen) atoms. The third-order valence-electron chi connectivity index (χ3n) is 1.64. The molecule has 0 bridgehead atoms. The highest BCUT2D eigenvalue weighted by Gasteiger charge is 2.01. The maximum Gasteiger partial charge on any atom is 0.0371 e. The van der Waals surface area contributed by atoms with E-state index in [1.54, 1.807) is 0 Å². The van der Waals surface area contributed by atoms with Gasteiger partial charge in [-0.05, 0) is 41.7 Å². The van der Waals surface area contributed by atoms with Crippen molar-refractivity contribution >= 4 is 43.5 Å². The number of hydrogen-bond acceptors (Lipinski definition) is 0. The van der Waals surface area contributed by atoms with Gasteiger partial charge in [-0.1, -0.05) is 55.6 Å². The third-order valence-corrected chi connectivity index (χ3v) is 3.62. The highest BCUT2D eigenvalue weighted by atomic mass is 79.9. The first-order chi connectivity index (χ1) is 5.99. The van der Waals surface area contributed by atoms with Gasteiger partial charge >= 0.3 is 0 Å². The number of rotatable bonds is 4. The van der Waals surface area contributed by atoms with Crippen LogP contribution in [0.5, 0.6) is 0 Å². The summed E-state index contributed by atoms with van der Waals surface area (Å²) in [5, 5.41) is 0.603. The zero-order chi connectivity index (χ0) is 10.4. The molecular formula is C10H13Br2Cl. The molecule has 0 unspecified atom stereocenters. The van der Waals surface area contributed by atoms with Crippen LogP contribution < -0.4 is 0 Å². The first-order valence-corrected chi connectivity index (χ1v) is 6.03. The fourth-order valence-corrected chi connectivity index (χ4v) is 1.73. The largest absolute Gasteiger partial charge is 0.0847 e. The number of hydrogen-bond donors (Lipinski definition) is 0. The van der Waals surface area contributed by atoms with Crippen molar-refractivity contribution in [2.24, 2.45) is 0 Å². The van der Waals surface area contributed by atoms with E-state index in [1.807, 2.05) is 4.99 Å². The van der Waals surface area contributed by atoms with Crippen molar-refractivity contribution in [2.45, 2.75) is 26.7 Å². The minimum atomic E-state index is 0.603. The van der Waals surface area contributed by atoms with E-state index in [2.05, 4.69) is 52.3 Å². The van der Waals surface area contributed by atoms with E-state index in [4.69, 9.17) is 11.6 Å². The minimum absolute atomic E-state index is 0.603. The second-order valence-electron chi connectivity index (χ2n) is 2.94. The van der Waals surface area contributed by atoms with Crippen LogP contribution in [0.25, 0.3) is 0 Å². The van der Waals surface area contributed by atoms with E-state index in [0.29, 0.717) is 5.03 Å². The maximum atomic E-state index is 5.78. The molecule has 74 valence electrons. The highest BCUT2D eigenvalue weighted by Crippen LogP contribution is 2.25. The van der Waals surface area contributed by atoms with Crippen LogP contribution in [-0.2, 0) is 0 Å². The molecule has 0 aliphatic rings. The van der Waals surface area contributed by atoms with E-state index in [9.17, 15) is 0 Å². The van der Waals surface area contributed by atoms with Crippen molar-refractivity contribution < 1.29 is 0 Å². The van der Waals surface area contributed by atoms with Crippen LogP contribution in [0.1, 0.15) is 26.7 Å². The summed E-state index contributed by atoms with van der Waals surface area (Å²) in [5.41, 5.74) is 2.34. The number of allylic oxidation sites excluding steroid dienone is 4. The van der Waals surface area contributed by atoms with Crippen molar-refractivity contribution in [3.05, 3.63) is 32.2 Å². The van der Waals surface area contributed by atoms with Crippen LogP contribution in [0, 0.1) is 0 Å². The van der Waals surface area contributed by atoms with E-state index < -0.39 is 0 Å². The van der Waals surface area contributed by atoms with E-state index in [1.165, 1.54) is 10.1 Å². The molecule has 0 aromatic heterocycles. The van der Waals surface area contributed by atoms with Gasteiger partial charge in [-0.25, -0.2) is 0 Å². The summed E-state index contributed by atoms with van der Waals surface area (Å²) in [7, 11) is 0. The molecule has 0 radical (unpaired) electrons. The van der Waals surface area contributed by atoms with Crippen LogP contribution in [-0.4, -0.2) is 0 Å². The molecule has 0 fully saturated rings. The smallest absolute Gasteiger partial charge is 0.0371 e. The Hall–Kier alpha value is 0.470. The molecule has 0 nitrogen and oxygen atoms in total. The Kier molecular flexibility index (Phi) is 7.10. The van der Waals surface area contributed by atoms with Gasteiger partial charge in [0.15, 0.2) is 0 Å². The van der Waals surface area contributed by atoms with Crippen LogP contribution in [0.3, 0.4) is 0 Å². The van der Waals surface area contributed by atoms with E-state index >= 15 is 0 Å². The first-order valence-electron chi connectivity index (χ1n) is 3.95. The average molecular weight is 328 g/mol. The standard InChI is InChI=1S/C10H13Br2Cl/c1-7(2)10(12)5-4-9(6-11)8(3)13/h6H,3-5H2,1-2H3/b9-6-. The van der Waals surface area contributed by atoms with Gasteiger partial charge in [-0.3, -0.25) is 0 Å². The van der Waals surface area contributed by atoms with Crippen LogP contribution in [0.15, 0.2) is 32.2 Å². The minimum Gasteiger partial charge on any atom is -0.0847 e. The Labute approximate surface area is 102 Å². The van der Waals surface area contributed by atoms with Crippen LogP contribution in [0.4, 0.5) is 0 Å². The van der Waals surface area contributed by atoms with E-state index in [0.717, 1.165) is 18.4 Å². The normalized spacial score (nSPS) is 11.3. The highest BCUT2D eigenvalue weighted by molar-refractivity contribution is 9.11. The molecule has 0 aromatic carbocycles. The second kappa shape index (κ2) is 6.86. The Morgan fingerprint density at radius 2 is 1.92 bits per heavy atom. The molecule has 0 aliphatic carbocycles. The topological polar surface area (TPSA) is 0 Å². The lowest BCUT2D eigenvalue weighted by Gasteiger charge is -2.04. The molecule has 0 heterocycles. The average Bonchev–Trinajstić information content (AvgIpc) is 2.04. The molecule has 0 atom stereocenters. The summed E-state index contributed by atoms with van der Waals surface area (Å²) in [6, 6.07) is 0. The predicted octanol–water partition coefficient (Wildman–Crippen LogP) is 5.49. The summed E-state index contributed by atoms with van der Waals surface area (Å²) in [6.07, 6.45) is 1.87. The summed E-state index contributed by atoms with van der Waals surface area (Å²) in [6.45, 7) is 7.85.